The van der Waals surface area contributed by atoms with E-state index < -0.39 is 0 Å². The van der Waals surface area contributed by atoms with Gasteiger partial charge in [-0.25, -0.2) is 4.79 Å². The summed E-state index contributed by atoms with van der Waals surface area (Å²) in [7, 11) is 0. The number of hydrogen-bond acceptors (Lipinski definition) is 4. The highest BCUT2D eigenvalue weighted by molar-refractivity contribution is 5.82. The molecule has 1 spiro atoms. The molecule has 0 aromatic heterocycles. The zero-order chi connectivity index (χ0) is 21.9. The molecule has 0 N–H and O–H groups in total. The van der Waals surface area contributed by atoms with Crippen LogP contribution in [-0.4, -0.2) is 31.6 Å². The van der Waals surface area contributed by atoms with Crippen LogP contribution in [0.15, 0.2) is 23.3 Å². The van der Waals surface area contributed by atoms with Crippen LogP contribution in [0.2, 0.25) is 0 Å². The Morgan fingerprint density at radius 3 is 2.65 bits per heavy atom. The summed E-state index contributed by atoms with van der Waals surface area (Å²) in [4.78, 5) is 12.1. The summed E-state index contributed by atoms with van der Waals surface area (Å²) in [5.74, 6) is 2.31. The standard InChI is InChI=1S/C27H40O4/c1-5-29-24(28)16-18(2)21-8-9-22-20-7-6-19-17-27(30-14-15-31-27)13-12-25(19,3)23(20)10-11-26(21,22)4/h6,16,20-23H,5,7-15,17H2,1-4H3/b18-16+/t20-,21+,22-,23-,25-,26+/m0/s1. The molecule has 172 valence electrons. The molecule has 0 amide bonds. The van der Waals surface area contributed by atoms with Crippen molar-refractivity contribution < 1.29 is 19.0 Å². The fraction of sp³-hybridized carbons (Fsp3) is 0.815. The monoisotopic (exact) mass is 428 g/mol. The number of esters is 1. The smallest absolute Gasteiger partial charge is 0.330 e. The van der Waals surface area contributed by atoms with Crippen molar-refractivity contribution in [3.63, 3.8) is 0 Å². The summed E-state index contributed by atoms with van der Waals surface area (Å²) in [6.07, 6.45) is 13.9. The molecule has 31 heavy (non-hydrogen) atoms. The van der Waals surface area contributed by atoms with Gasteiger partial charge in [-0.1, -0.05) is 31.1 Å². The average molecular weight is 429 g/mol. The normalized spacial score (nSPS) is 43.7. The van der Waals surface area contributed by atoms with Gasteiger partial charge in [0.2, 0.25) is 0 Å². The van der Waals surface area contributed by atoms with Crippen LogP contribution in [0.4, 0.5) is 0 Å². The van der Waals surface area contributed by atoms with E-state index in [1.54, 1.807) is 11.6 Å². The van der Waals surface area contributed by atoms with E-state index in [4.69, 9.17) is 14.2 Å². The fourth-order valence-electron chi connectivity index (χ4n) is 8.57. The Kier molecular flexibility index (Phi) is 5.41. The largest absolute Gasteiger partial charge is 0.463 e. The van der Waals surface area contributed by atoms with Crippen LogP contribution in [0.25, 0.3) is 0 Å². The summed E-state index contributed by atoms with van der Waals surface area (Å²) >= 11 is 0. The number of rotatable bonds is 3. The molecule has 0 aromatic carbocycles. The number of hydrogen-bond donors (Lipinski definition) is 0. The molecule has 0 radical (unpaired) electrons. The molecule has 4 aliphatic carbocycles. The van der Waals surface area contributed by atoms with Gasteiger partial charge >= 0.3 is 5.97 Å². The van der Waals surface area contributed by atoms with Gasteiger partial charge in [-0.3, -0.25) is 0 Å². The third-order valence-corrected chi connectivity index (χ3v) is 10.1. The van der Waals surface area contributed by atoms with E-state index in [0.29, 0.717) is 23.4 Å². The maximum absolute atomic E-state index is 12.1. The van der Waals surface area contributed by atoms with Gasteiger partial charge in [0.25, 0.3) is 0 Å². The molecule has 4 heteroatoms. The first kappa shape index (κ1) is 21.7. The summed E-state index contributed by atoms with van der Waals surface area (Å²) in [5, 5.41) is 0. The summed E-state index contributed by atoms with van der Waals surface area (Å²) in [6, 6.07) is 0. The first-order valence-electron chi connectivity index (χ1n) is 12.6. The zero-order valence-corrected chi connectivity index (χ0v) is 19.9. The van der Waals surface area contributed by atoms with Crippen LogP contribution in [-0.2, 0) is 19.0 Å². The van der Waals surface area contributed by atoms with Gasteiger partial charge in [-0.05, 0) is 86.9 Å². The molecule has 0 unspecified atom stereocenters. The molecule has 1 aliphatic heterocycles. The zero-order valence-electron chi connectivity index (χ0n) is 19.9. The van der Waals surface area contributed by atoms with Gasteiger partial charge in [0.1, 0.15) is 0 Å². The van der Waals surface area contributed by atoms with Crippen LogP contribution >= 0.6 is 0 Å². The second-order valence-electron chi connectivity index (χ2n) is 11.4. The minimum Gasteiger partial charge on any atom is -0.463 e. The number of ether oxygens (including phenoxy) is 3. The Hall–Kier alpha value is -1.13. The molecule has 0 aromatic rings. The molecular formula is C27H40O4. The third kappa shape index (κ3) is 3.35. The summed E-state index contributed by atoms with van der Waals surface area (Å²) in [6.45, 7) is 11.0. The van der Waals surface area contributed by atoms with E-state index >= 15 is 0 Å². The molecule has 1 saturated heterocycles. The van der Waals surface area contributed by atoms with Gasteiger partial charge in [-0.15, -0.1) is 0 Å². The van der Waals surface area contributed by atoms with Crippen molar-refractivity contribution in [2.45, 2.75) is 84.8 Å². The van der Waals surface area contributed by atoms with Crippen LogP contribution < -0.4 is 0 Å². The van der Waals surface area contributed by atoms with E-state index in [-0.39, 0.29) is 11.8 Å². The highest BCUT2D eigenvalue weighted by Gasteiger charge is 2.60. The molecule has 5 rings (SSSR count). The molecule has 3 saturated carbocycles. The highest BCUT2D eigenvalue weighted by Crippen LogP contribution is 2.67. The lowest BCUT2D eigenvalue weighted by molar-refractivity contribution is -0.185. The number of carbonyl (C=O) groups excluding carboxylic acids is 1. The van der Waals surface area contributed by atoms with Gasteiger partial charge in [0, 0.05) is 18.9 Å². The van der Waals surface area contributed by atoms with E-state index in [1.165, 1.54) is 44.1 Å². The van der Waals surface area contributed by atoms with Crippen molar-refractivity contribution >= 4 is 5.97 Å². The summed E-state index contributed by atoms with van der Waals surface area (Å²) < 4.78 is 17.4. The Balaban J connectivity index is 1.38. The topological polar surface area (TPSA) is 44.8 Å². The van der Waals surface area contributed by atoms with Crippen LogP contribution in [0.5, 0.6) is 0 Å². The van der Waals surface area contributed by atoms with Crippen molar-refractivity contribution in [2.24, 2.45) is 34.5 Å². The molecule has 4 nitrogen and oxygen atoms in total. The van der Waals surface area contributed by atoms with Crippen molar-refractivity contribution in [2.75, 3.05) is 19.8 Å². The molecule has 0 bridgehead atoms. The van der Waals surface area contributed by atoms with Crippen LogP contribution in [0.1, 0.15) is 79.1 Å². The maximum atomic E-state index is 12.1. The molecule has 6 atom stereocenters. The third-order valence-electron chi connectivity index (χ3n) is 10.1. The van der Waals surface area contributed by atoms with Crippen LogP contribution in [0, 0.1) is 34.5 Å². The number of allylic oxidation sites excluding steroid dienone is 2. The van der Waals surface area contributed by atoms with Crippen molar-refractivity contribution in [1.29, 1.82) is 0 Å². The minimum absolute atomic E-state index is 0.175. The van der Waals surface area contributed by atoms with E-state index in [0.717, 1.165) is 43.8 Å². The van der Waals surface area contributed by atoms with E-state index in [1.807, 2.05) is 6.92 Å². The van der Waals surface area contributed by atoms with Gasteiger partial charge in [0.15, 0.2) is 5.79 Å². The quantitative estimate of drug-likeness (QED) is 0.323. The van der Waals surface area contributed by atoms with Crippen molar-refractivity contribution in [1.82, 2.24) is 0 Å². The average Bonchev–Trinajstić information content (AvgIpc) is 3.33. The first-order valence-corrected chi connectivity index (χ1v) is 12.6. The second kappa shape index (κ2) is 7.73. The highest BCUT2D eigenvalue weighted by atomic mass is 16.7. The SMILES string of the molecule is CCOC(=O)/C=C(\C)[C@H]1CC[C@H]2[C@@H]3CC=C4CC5(CC[C@]4(C)[C@H]3CC[C@]12C)OCCO5. The Labute approximate surface area is 187 Å². The fourth-order valence-corrected chi connectivity index (χ4v) is 8.57. The Morgan fingerprint density at radius 1 is 1.13 bits per heavy atom. The number of carbonyl (C=O) groups is 1. The van der Waals surface area contributed by atoms with E-state index in [9.17, 15) is 4.79 Å². The lowest BCUT2D eigenvalue weighted by atomic mass is 9.47. The lowest BCUT2D eigenvalue weighted by Gasteiger charge is -2.59. The Morgan fingerprint density at radius 2 is 1.90 bits per heavy atom. The molecule has 5 aliphatic rings. The van der Waals surface area contributed by atoms with Crippen molar-refractivity contribution in [3.05, 3.63) is 23.3 Å². The predicted octanol–water partition coefficient (Wildman–Crippen LogP) is 5.82. The van der Waals surface area contributed by atoms with Crippen LogP contribution in [0.3, 0.4) is 0 Å². The Bertz CT molecular complexity index is 791. The van der Waals surface area contributed by atoms with Gasteiger partial charge in [0.05, 0.1) is 19.8 Å². The summed E-state index contributed by atoms with van der Waals surface area (Å²) in [5.41, 5.74) is 3.45. The van der Waals surface area contributed by atoms with Crippen molar-refractivity contribution in [3.8, 4) is 0 Å². The molecular weight excluding hydrogens is 388 g/mol. The predicted molar refractivity (Wildman–Crippen MR) is 120 cm³/mol. The van der Waals surface area contributed by atoms with E-state index in [2.05, 4.69) is 26.8 Å². The second-order valence-corrected chi connectivity index (χ2v) is 11.4. The minimum atomic E-state index is -0.325. The number of fused-ring (bicyclic) bond motifs is 5. The lowest BCUT2D eigenvalue weighted by Crippen LogP contribution is -2.52. The van der Waals surface area contributed by atoms with Gasteiger partial charge in [-0.2, -0.15) is 0 Å². The first-order chi connectivity index (χ1) is 14.8. The maximum Gasteiger partial charge on any atom is 0.330 e. The molecule has 4 fully saturated rings. The molecule has 1 heterocycles. The van der Waals surface area contributed by atoms with Gasteiger partial charge < -0.3 is 14.2 Å².